The molecule has 0 aliphatic rings. The summed E-state index contributed by atoms with van der Waals surface area (Å²) in [5.74, 6) is -0.264. The Hall–Kier alpha value is -2.86. The van der Waals surface area contributed by atoms with Crippen LogP contribution in [0.5, 0.6) is 0 Å². The Kier molecular flexibility index (Phi) is 5.08. The quantitative estimate of drug-likeness (QED) is 0.694. The summed E-state index contributed by atoms with van der Waals surface area (Å²) in [5, 5.41) is 5.07. The topological polar surface area (TPSA) is 72.0 Å². The van der Waals surface area contributed by atoms with E-state index in [2.05, 4.69) is 15.3 Å². The fourth-order valence-electron chi connectivity index (χ4n) is 2.14. The Morgan fingerprint density at radius 2 is 1.75 bits per heavy atom. The number of pyridine rings is 1. The summed E-state index contributed by atoms with van der Waals surface area (Å²) in [6.45, 7) is 0. The molecule has 1 aromatic carbocycles. The first-order valence-electron chi connectivity index (χ1n) is 7.47. The van der Waals surface area contributed by atoms with Crippen LogP contribution in [0.4, 0.5) is 5.13 Å². The zero-order valence-corrected chi connectivity index (χ0v) is 13.6. The highest BCUT2D eigenvalue weighted by Gasteiger charge is 2.11. The number of aromatic nitrogens is 2. The Morgan fingerprint density at radius 1 is 0.958 bits per heavy atom. The lowest BCUT2D eigenvalue weighted by Crippen LogP contribution is -2.13. The number of benzene rings is 1. The van der Waals surface area contributed by atoms with Gasteiger partial charge in [-0.25, -0.2) is 4.98 Å². The van der Waals surface area contributed by atoms with E-state index in [9.17, 15) is 9.59 Å². The van der Waals surface area contributed by atoms with Gasteiger partial charge in [0.25, 0.3) is 0 Å². The Balaban J connectivity index is 1.54. The zero-order chi connectivity index (χ0) is 16.8. The van der Waals surface area contributed by atoms with Gasteiger partial charge in [0, 0.05) is 30.0 Å². The number of hydrogen-bond acceptors (Lipinski definition) is 5. The molecule has 0 saturated heterocycles. The molecule has 3 aromatic rings. The minimum absolute atomic E-state index is 0.0425. The zero-order valence-electron chi connectivity index (χ0n) is 12.8. The van der Waals surface area contributed by atoms with Crippen molar-refractivity contribution in [3.8, 4) is 11.4 Å². The third-order valence-electron chi connectivity index (χ3n) is 3.35. The van der Waals surface area contributed by atoms with Crippen LogP contribution in [0.25, 0.3) is 11.4 Å². The first-order valence-corrected chi connectivity index (χ1v) is 8.35. The first-order chi connectivity index (χ1) is 11.7. The van der Waals surface area contributed by atoms with Crippen molar-refractivity contribution in [2.45, 2.75) is 12.8 Å². The van der Waals surface area contributed by atoms with Crippen molar-refractivity contribution in [1.29, 1.82) is 0 Å². The summed E-state index contributed by atoms with van der Waals surface area (Å²) < 4.78 is 0. The fourth-order valence-corrected chi connectivity index (χ4v) is 2.86. The number of carbonyl (C=O) groups is 2. The van der Waals surface area contributed by atoms with Gasteiger partial charge in [-0.1, -0.05) is 36.4 Å². The number of amides is 1. The first kappa shape index (κ1) is 16.0. The Morgan fingerprint density at radius 3 is 2.50 bits per heavy atom. The maximum Gasteiger partial charge on any atom is 0.226 e. The van der Waals surface area contributed by atoms with Crippen molar-refractivity contribution in [2.75, 3.05) is 5.32 Å². The van der Waals surface area contributed by atoms with E-state index in [-0.39, 0.29) is 24.5 Å². The second-order valence-corrected chi connectivity index (χ2v) is 5.95. The molecule has 0 aliphatic heterocycles. The van der Waals surface area contributed by atoms with Crippen molar-refractivity contribution in [3.63, 3.8) is 0 Å². The van der Waals surface area contributed by atoms with Crippen LogP contribution in [0.3, 0.4) is 0 Å². The number of carbonyl (C=O) groups excluding carboxylic acids is 2. The summed E-state index contributed by atoms with van der Waals surface area (Å²) in [5.41, 5.74) is 2.10. The molecule has 5 nitrogen and oxygen atoms in total. The highest BCUT2D eigenvalue weighted by molar-refractivity contribution is 7.14. The van der Waals surface area contributed by atoms with Crippen LogP contribution in [0.1, 0.15) is 23.2 Å². The van der Waals surface area contributed by atoms with Crippen LogP contribution < -0.4 is 5.32 Å². The molecule has 0 fully saturated rings. The van der Waals surface area contributed by atoms with Crippen LogP contribution in [0, 0.1) is 0 Å². The number of anilines is 1. The molecule has 0 aliphatic carbocycles. The molecule has 0 bridgehead atoms. The van der Waals surface area contributed by atoms with E-state index >= 15 is 0 Å². The van der Waals surface area contributed by atoms with E-state index in [0.717, 1.165) is 11.4 Å². The summed E-state index contributed by atoms with van der Waals surface area (Å²) in [6, 6.07) is 14.5. The number of nitrogens with zero attached hydrogens (tertiary/aromatic N) is 2. The van der Waals surface area contributed by atoms with Crippen LogP contribution in [-0.4, -0.2) is 21.7 Å². The number of hydrogen-bond donors (Lipinski definition) is 1. The molecule has 1 N–H and O–H groups in total. The van der Waals surface area contributed by atoms with Crippen molar-refractivity contribution < 1.29 is 9.59 Å². The van der Waals surface area contributed by atoms with Crippen LogP contribution >= 0.6 is 11.3 Å². The van der Waals surface area contributed by atoms with Gasteiger partial charge >= 0.3 is 0 Å². The normalized spacial score (nSPS) is 10.3. The molecule has 120 valence electrons. The van der Waals surface area contributed by atoms with Gasteiger partial charge in [0.05, 0.1) is 5.69 Å². The van der Waals surface area contributed by atoms with Gasteiger partial charge < -0.3 is 5.32 Å². The maximum atomic E-state index is 12.0. The number of Topliss-reactive ketones (excluding diaryl/α,β-unsaturated/α-hetero) is 1. The number of thiazole rings is 1. The number of rotatable bonds is 6. The average Bonchev–Trinajstić information content (AvgIpc) is 3.09. The van der Waals surface area contributed by atoms with Crippen molar-refractivity contribution in [1.82, 2.24) is 9.97 Å². The van der Waals surface area contributed by atoms with E-state index in [4.69, 9.17) is 0 Å². The van der Waals surface area contributed by atoms with Gasteiger partial charge in [-0.05, 0) is 12.1 Å². The van der Waals surface area contributed by atoms with Gasteiger partial charge in [-0.2, -0.15) is 0 Å². The third-order valence-corrected chi connectivity index (χ3v) is 4.11. The predicted molar refractivity (Wildman–Crippen MR) is 94.0 cm³/mol. The number of nitrogens with one attached hydrogen (secondary N) is 1. The summed E-state index contributed by atoms with van der Waals surface area (Å²) >= 11 is 1.34. The SMILES string of the molecule is O=C(CCC(=O)c1ccccc1)Nc1nc(-c2ccccn2)cs1. The van der Waals surface area contributed by atoms with Gasteiger partial charge in [-0.15, -0.1) is 11.3 Å². The van der Waals surface area contributed by atoms with Crippen LogP contribution in [0.15, 0.2) is 60.1 Å². The van der Waals surface area contributed by atoms with E-state index in [1.165, 1.54) is 11.3 Å². The minimum atomic E-state index is -0.221. The standard InChI is InChI=1S/C18H15N3O2S/c22-16(13-6-2-1-3-7-13)9-10-17(23)21-18-20-15(12-24-18)14-8-4-5-11-19-14/h1-8,11-12H,9-10H2,(H,20,21,23). The lowest BCUT2D eigenvalue weighted by atomic mass is 10.1. The van der Waals surface area contributed by atoms with Crippen molar-refractivity contribution >= 4 is 28.2 Å². The van der Waals surface area contributed by atoms with Gasteiger partial charge in [-0.3, -0.25) is 14.6 Å². The summed E-state index contributed by atoms with van der Waals surface area (Å²) in [4.78, 5) is 32.5. The van der Waals surface area contributed by atoms with E-state index in [1.807, 2.05) is 41.8 Å². The summed E-state index contributed by atoms with van der Waals surface area (Å²) in [6.07, 6.45) is 2.00. The van der Waals surface area contributed by atoms with Crippen molar-refractivity contribution in [3.05, 3.63) is 65.7 Å². The van der Waals surface area contributed by atoms with Crippen LogP contribution in [-0.2, 0) is 4.79 Å². The molecule has 0 spiro atoms. The molecule has 0 atom stereocenters. The highest BCUT2D eigenvalue weighted by Crippen LogP contribution is 2.23. The minimum Gasteiger partial charge on any atom is -0.302 e. The lowest BCUT2D eigenvalue weighted by molar-refractivity contribution is -0.116. The Bertz CT molecular complexity index is 832. The van der Waals surface area contributed by atoms with Gasteiger partial charge in [0.2, 0.25) is 5.91 Å². The monoisotopic (exact) mass is 337 g/mol. The Labute approximate surface area is 143 Å². The maximum absolute atomic E-state index is 12.0. The molecular weight excluding hydrogens is 322 g/mol. The van der Waals surface area contributed by atoms with E-state index < -0.39 is 0 Å². The fraction of sp³-hybridized carbons (Fsp3) is 0.111. The second-order valence-electron chi connectivity index (χ2n) is 5.09. The predicted octanol–water partition coefficient (Wildman–Crippen LogP) is 3.81. The molecule has 0 radical (unpaired) electrons. The van der Waals surface area contributed by atoms with E-state index in [1.54, 1.807) is 18.3 Å². The molecule has 0 unspecified atom stereocenters. The lowest BCUT2D eigenvalue weighted by Gasteiger charge is -2.02. The molecule has 2 heterocycles. The van der Waals surface area contributed by atoms with Crippen molar-refractivity contribution in [2.24, 2.45) is 0 Å². The third kappa shape index (κ3) is 4.11. The molecule has 24 heavy (non-hydrogen) atoms. The average molecular weight is 337 g/mol. The molecule has 2 aromatic heterocycles. The largest absolute Gasteiger partial charge is 0.302 e. The number of ketones is 1. The van der Waals surface area contributed by atoms with E-state index in [0.29, 0.717) is 10.7 Å². The van der Waals surface area contributed by atoms with Crippen LogP contribution in [0.2, 0.25) is 0 Å². The van der Waals surface area contributed by atoms with Gasteiger partial charge in [0.15, 0.2) is 10.9 Å². The second kappa shape index (κ2) is 7.61. The molecule has 6 heteroatoms. The molecular formula is C18H15N3O2S. The smallest absolute Gasteiger partial charge is 0.226 e. The van der Waals surface area contributed by atoms with Gasteiger partial charge in [0.1, 0.15) is 5.69 Å². The molecule has 1 amide bonds. The highest BCUT2D eigenvalue weighted by atomic mass is 32.1. The summed E-state index contributed by atoms with van der Waals surface area (Å²) in [7, 11) is 0. The molecule has 0 saturated carbocycles. The molecule has 3 rings (SSSR count).